The van der Waals surface area contributed by atoms with Crippen LogP contribution < -0.4 is 5.32 Å². The van der Waals surface area contributed by atoms with Gasteiger partial charge in [-0.2, -0.15) is 0 Å². The predicted molar refractivity (Wildman–Crippen MR) is 96.3 cm³/mol. The number of pyridine rings is 1. The van der Waals surface area contributed by atoms with E-state index in [0.29, 0.717) is 22.4 Å². The Morgan fingerprint density at radius 2 is 1.84 bits per heavy atom. The van der Waals surface area contributed by atoms with Crippen molar-refractivity contribution < 1.29 is 9.90 Å². The third-order valence-electron chi connectivity index (χ3n) is 3.94. The van der Waals surface area contributed by atoms with E-state index in [4.69, 9.17) is 0 Å². The standard InChI is InChI=1S/C19H14N4O2/c1-11-3-2-4-13(9-11)22-18-17-16(20-7-8-21-17)14-6-5-12(19(24)25)10-15(14)23-18/h2-10H,1H3,(H,22,23)(H,24,25). The van der Waals surface area contributed by atoms with E-state index in [1.54, 1.807) is 30.6 Å². The summed E-state index contributed by atoms with van der Waals surface area (Å²) in [5, 5.41) is 13.3. The monoisotopic (exact) mass is 330 g/mol. The fourth-order valence-electron chi connectivity index (χ4n) is 2.79. The Labute approximate surface area is 143 Å². The molecule has 2 heterocycles. The van der Waals surface area contributed by atoms with Gasteiger partial charge in [-0.05, 0) is 42.8 Å². The van der Waals surface area contributed by atoms with Crippen molar-refractivity contribution in [1.29, 1.82) is 0 Å². The van der Waals surface area contributed by atoms with Crippen molar-refractivity contribution in [2.75, 3.05) is 5.32 Å². The van der Waals surface area contributed by atoms with Gasteiger partial charge >= 0.3 is 5.97 Å². The van der Waals surface area contributed by atoms with E-state index in [9.17, 15) is 9.90 Å². The number of aryl methyl sites for hydroxylation is 1. The van der Waals surface area contributed by atoms with E-state index >= 15 is 0 Å². The summed E-state index contributed by atoms with van der Waals surface area (Å²) in [6.45, 7) is 2.01. The van der Waals surface area contributed by atoms with Crippen LogP contribution in [0.2, 0.25) is 0 Å². The lowest BCUT2D eigenvalue weighted by Crippen LogP contribution is -2.01. The lowest BCUT2D eigenvalue weighted by Gasteiger charge is -2.11. The Hall–Kier alpha value is -3.54. The van der Waals surface area contributed by atoms with Gasteiger partial charge in [0.05, 0.1) is 11.1 Å². The second kappa shape index (κ2) is 5.83. The largest absolute Gasteiger partial charge is 0.478 e. The molecule has 0 spiro atoms. The molecule has 2 aromatic carbocycles. The van der Waals surface area contributed by atoms with E-state index in [0.717, 1.165) is 16.6 Å². The number of fused-ring (bicyclic) bond motifs is 3. The number of benzene rings is 2. The number of hydrogen-bond acceptors (Lipinski definition) is 5. The number of rotatable bonds is 3. The maximum Gasteiger partial charge on any atom is 0.335 e. The molecule has 0 saturated carbocycles. The molecule has 0 radical (unpaired) electrons. The van der Waals surface area contributed by atoms with Crippen LogP contribution in [-0.4, -0.2) is 26.0 Å². The first-order valence-corrected chi connectivity index (χ1v) is 7.73. The molecule has 6 nitrogen and oxygen atoms in total. The fraction of sp³-hybridized carbons (Fsp3) is 0.0526. The van der Waals surface area contributed by atoms with Crippen molar-refractivity contribution in [3.05, 3.63) is 66.0 Å². The van der Waals surface area contributed by atoms with Crippen LogP contribution in [0.15, 0.2) is 54.9 Å². The van der Waals surface area contributed by atoms with Crippen LogP contribution in [0.1, 0.15) is 15.9 Å². The lowest BCUT2D eigenvalue weighted by atomic mass is 10.1. The maximum atomic E-state index is 11.3. The molecule has 25 heavy (non-hydrogen) atoms. The van der Waals surface area contributed by atoms with Crippen LogP contribution in [0, 0.1) is 6.92 Å². The minimum absolute atomic E-state index is 0.185. The van der Waals surface area contributed by atoms with Crippen molar-refractivity contribution in [1.82, 2.24) is 15.0 Å². The predicted octanol–water partition coefficient (Wildman–Crippen LogP) is 3.93. The first-order valence-electron chi connectivity index (χ1n) is 7.73. The quantitative estimate of drug-likeness (QED) is 0.553. The number of nitrogens with one attached hydrogen (secondary N) is 1. The van der Waals surface area contributed by atoms with Crippen LogP contribution in [0.4, 0.5) is 11.5 Å². The van der Waals surface area contributed by atoms with Gasteiger partial charge in [0.1, 0.15) is 11.0 Å². The third kappa shape index (κ3) is 2.74. The summed E-state index contributed by atoms with van der Waals surface area (Å²) in [6.07, 6.45) is 3.23. The van der Waals surface area contributed by atoms with Crippen LogP contribution in [0.3, 0.4) is 0 Å². The Morgan fingerprint density at radius 3 is 2.60 bits per heavy atom. The van der Waals surface area contributed by atoms with Crippen molar-refractivity contribution in [2.45, 2.75) is 6.92 Å². The van der Waals surface area contributed by atoms with Gasteiger partial charge in [0.25, 0.3) is 0 Å². The molecule has 4 rings (SSSR count). The maximum absolute atomic E-state index is 11.3. The van der Waals surface area contributed by atoms with Gasteiger partial charge in [0, 0.05) is 23.5 Å². The summed E-state index contributed by atoms with van der Waals surface area (Å²) in [6, 6.07) is 12.7. The van der Waals surface area contributed by atoms with Gasteiger partial charge in [0.2, 0.25) is 0 Å². The summed E-state index contributed by atoms with van der Waals surface area (Å²) in [5.74, 6) is -0.445. The fourth-order valence-corrected chi connectivity index (χ4v) is 2.79. The second-order valence-electron chi connectivity index (χ2n) is 5.75. The smallest absolute Gasteiger partial charge is 0.335 e. The molecule has 4 aromatic rings. The highest BCUT2D eigenvalue weighted by Crippen LogP contribution is 2.29. The van der Waals surface area contributed by atoms with Crippen molar-refractivity contribution in [3.63, 3.8) is 0 Å². The Balaban J connectivity index is 1.96. The number of hydrogen-bond donors (Lipinski definition) is 2. The molecule has 0 aliphatic rings. The van der Waals surface area contributed by atoms with Crippen LogP contribution >= 0.6 is 0 Å². The zero-order valence-electron chi connectivity index (χ0n) is 13.4. The first-order chi connectivity index (χ1) is 12.1. The van der Waals surface area contributed by atoms with E-state index in [1.807, 2.05) is 31.2 Å². The summed E-state index contributed by atoms with van der Waals surface area (Å²) in [4.78, 5) is 24.7. The minimum atomic E-state index is -0.990. The van der Waals surface area contributed by atoms with Gasteiger partial charge in [-0.1, -0.05) is 12.1 Å². The molecule has 0 saturated heterocycles. The van der Waals surface area contributed by atoms with Gasteiger partial charge in [-0.3, -0.25) is 4.98 Å². The zero-order chi connectivity index (χ0) is 17.4. The van der Waals surface area contributed by atoms with Gasteiger partial charge in [-0.15, -0.1) is 0 Å². The lowest BCUT2D eigenvalue weighted by molar-refractivity contribution is 0.0697. The van der Waals surface area contributed by atoms with E-state index in [2.05, 4.69) is 20.3 Å². The van der Waals surface area contributed by atoms with Gasteiger partial charge < -0.3 is 10.4 Å². The molecule has 2 N–H and O–H groups in total. The van der Waals surface area contributed by atoms with Crippen molar-refractivity contribution in [2.24, 2.45) is 0 Å². The van der Waals surface area contributed by atoms with Crippen molar-refractivity contribution >= 4 is 39.4 Å². The first kappa shape index (κ1) is 15.0. The number of carbonyl (C=O) groups is 1. The second-order valence-corrected chi connectivity index (χ2v) is 5.75. The SMILES string of the molecule is Cc1cccc(Nc2nc3cc(C(=O)O)ccc3c3nccnc23)c1. The summed E-state index contributed by atoms with van der Waals surface area (Å²) in [5.41, 5.74) is 4.06. The average molecular weight is 330 g/mol. The number of aromatic nitrogens is 3. The minimum Gasteiger partial charge on any atom is -0.478 e. The molecule has 0 atom stereocenters. The van der Waals surface area contributed by atoms with Crippen LogP contribution in [-0.2, 0) is 0 Å². The number of nitrogens with zero attached hydrogens (tertiary/aromatic N) is 3. The Morgan fingerprint density at radius 1 is 1.04 bits per heavy atom. The molecule has 0 aliphatic carbocycles. The van der Waals surface area contributed by atoms with Crippen molar-refractivity contribution in [3.8, 4) is 0 Å². The molecule has 0 bridgehead atoms. The average Bonchev–Trinajstić information content (AvgIpc) is 2.61. The number of carboxylic acid groups (broad SMARTS) is 1. The summed E-state index contributed by atoms with van der Waals surface area (Å²) in [7, 11) is 0. The molecular weight excluding hydrogens is 316 g/mol. The molecular formula is C19H14N4O2. The van der Waals surface area contributed by atoms with E-state index < -0.39 is 5.97 Å². The highest BCUT2D eigenvalue weighted by atomic mass is 16.4. The summed E-state index contributed by atoms with van der Waals surface area (Å²) < 4.78 is 0. The molecule has 0 fully saturated rings. The summed E-state index contributed by atoms with van der Waals surface area (Å²) >= 11 is 0. The Kier molecular flexibility index (Phi) is 3.50. The van der Waals surface area contributed by atoms with Crippen LogP contribution in [0.5, 0.6) is 0 Å². The third-order valence-corrected chi connectivity index (χ3v) is 3.94. The number of carboxylic acids is 1. The topological polar surface area (TPSA) is 88.0 Å². The molecule has 0 amide bonds. The van der Waals surface area contributed by atoms with Gasteiger partial charge in [0.15, 0.2) is 5.82 Å². The highest BCUT2D eigenvalue weighted by molar-refractivity contribution is 6.08. The zero-order valence-corrected chi connectivity index (χ0v) is 13.4. The molecule has 122 valence electrons. The normalized spacial score (nSPS) is 10.9. The van der Waals surface area contributed by atoms with E-state index in [-0.39, 0.29) is 5.56 Å². The van der Waals surface area contributed by atoms with Crippen LogP contribution in [0.25, 0.3) is 21.9 Å². The number of anilines is 2. The molecule has 0 unspecified atom stereocenters. The molecule has 0 aliphatic heterocycles. The molecule has 2 aromatic heterocycles. The Bertz CT molecular complexity index is 1120. The van der Waals surface area contributed by atoms with Gasteiger partial charge in [-0.25, -0.2) is 14.8 Å². The highest BCUT2D eigenvalue weighted by Gasteiger charge is 2.13. The number of aromatic carboxylic acids is 1. The molecule has 6 heteroatoms. The van der Waals surface area contributed by atoms with E-state index in [1.165, 1.54) is 0 Å².